The van der Waals surface area contributed by atoms with Gasteiger partial charge < -0.3 is 18.9 Å². The molecule has 1 N–H and O–H groups in total. The monoisotopic (exact) mass is 516 g/mol. The number of carbonyl (C=O) groups is 1. The predicted molar refractivity (Wildman–Crippen MR) is 139 cm³/mol. The Kier molecular flexibility index (Phi) is 5.88. The average molecular weight is 517 g/mol. The van der Waals surface area contributed by atoms with Crippen LogP contribution in [-0.2, 0) is 26.0 Å². The highest BCUT2D eigenvalue weighted by molar-refractivity contribution is 6.33. The van der Waals surface area contributed by atoms with Crippen molar-refractivity contribution in [1.82, 2.24) is 9.72 Å². The van der Waals surface area contributed by atoms with Crippen LogP contribution in [0.2, 0.25) is 5.02 Å². The number of ether oxygens (including phenoxy) is 1. The summed E-state index contributed by atoms with van der Waals surface area (Å²) in [5.74, 6) is 0.659. The fraction of sp³-hybridized carbons (Fsp3) is 0.276. The molecule has 0 amide bonds. The van der Waals surface area contributed by atoms with Crippen molar-refractivity contribution in [3.8, 4) is 17.0 Å². The Labute approximate surface area is 218 Å². The molecule has 188 valence electrons. The van der Waals surface area contributed by atoms with Crippen molar-refractivity contribution in [2.45, 2.75) is 51.7 Å². The lowest BCUT2D eigenvalue weighted by atomic mass is 10.0. The van der Waals surface area contributed by atoms with E-state index in [2.05, 4.69) is 5.16 Å². The van der Waals surface area contributed by atoms with Crippen LogP contribution in [0.4, 0.5) is 0 Å². The smallest absolute Gasteiger partial charge is 0.335 e. The van der Waals surface area contributed by atoms with Crippen LogP contribution in [0, 0.1) is 6.92 Å². The molecule has 0 atom stereocenters. The Balaban J connectivity index is 1.30. The van der Waals surface area contributed by atoms with Gasteiger partial charge in [-0.2, -0.15) is 0 Å². The third-order valence-corrected chi connectivity index (χ3v) is 7.54. The number of pyridine rings is 1. The number of hydrogen-bond donors (Lipinski definition) is 1. The van der Waals surface area contributed by atoms with E-state index in [-0.39, 0.29) is 17.7 Å². The molecule has 0 spiro atoms. The highest BCUT2D eigenvalue weighted by atomic mass is 35.5. The number of aryl methyl sites for hydroxylation is 3. The van der Waals surface area contributed by atoms with Crippen LogP contribution < -0.4 is 10.3 Å². The van der Waals surface area contributed by atoms with Gasteiger partial charge in [0.2, 0.25) is 0 Å². The molecule has 7 nitrogen and oxygen atoms in total. The summed E-state index contributed by atoms with van der Waals surface area (Å²) in [5, 5.41) is 14.3. The molecule has 2 aromatic heterocycles. The van der Waals surface area contributed by atoms with Gasteiger partial charge in [0.05, 0.1) is 22.7 Å². The molecule has 0 bridgehead atoms. The Hall–Kier alpha value is -3.84. The van der Waals surface area contributed by atoms with Gasteiger partial charge in [0, 0.05) is 23.2 Å². The van der Waals surface area contributed by atoms with Crippen LogP contribution in [0.5, 0.6) is 5.75 Å². The Bertz CT molecular complexity index is 1580. The maximum atomic E-state index is 13.1. The highest BCUT2D eigenvalue weighted by Gasteiger charge is 2.33. The second-order valence-corrected chi connectivity index (χ2v) is 10.2. The number of halogens is 1. The van der Waals surface area contributed by atoms with Crippen molar-refractivity contribution in [3.05, 3.63) is 103 Å². The second-order valence-electron chi connectivity index (χ2n) is 9.76. The third kappa shape index (κ3) is 4.44. The summed E-state index contributed by atoms with van der Waals surface area (Å²) in [6, 6.07) is 14.2. The minimum atomic E-state index is -0.978. The van der Waals surface area contributed by atoms with E-state index in [4.69, 9.17) is 20.9 Å². The summed E-state index contributed by atoms with van der Waals surface area (Å²) in [5.41, 5.74) is 6.17. The maximum Gasteiger partial charge on any atom is 0.335 e. The molecule has 6 rings (SSSR count). The molecule has 1 fully saturated rings. The van der Waals surface area contributed by atoms with Gasteiger partial charge in [0.15, 0.2) is 0 Å². The number of nitrogens with zero attached hydrogens (tertiary/aromatic N) is 2. The van der Waals surface area contributed by atoms with Gasteiger partial charge in [-0.05, 0) is 73.6 Å². The van der Waals surface area contributed by atoms with Crippen molar-refractivity contribution in [2.24, 2.45) is 0 Å². The number of fused-ring (bicyclic) bond motifs is 2. The molecular weight excluding hydrogens is 492 g/mol. The third-order valence-electron chi connectivity index (χ3n) is 7.23. The van der Waals surface area contributed by atoms with E-state index in [9.17, 15) is 14.7 Å². The molecule has 0 radical (unpaired) electrons. The van der Waals surface area contributed by atoms with Crippen LogP contribution in [0.3, 0.4) is 0 Å². The minimum Gasteiger partial charge on any atom is -0.488 e. The first-order valence-electron chi connectivity index (χ1n) is 12.3. The van der Waals surface area contributed by atoms with Gasteiger partial charge >= 0.3 is 5.97 Å². The lowest BCUT2D eigenvalue weighted by Crippen LogP contribution is -2.23. The molecular formula is C29H25ClN2O5. The number of carboxylic acid groups (broad SMARTS) is 1. The Morgan fingerprint density at radius 3 is 2.76 bits per heavy atom. The lowest BCUT2D eigenvalue weighted by molar-refractivity contribution is 0.0696. The van der Waals surface area contributed by atoms with Crippen molar-refractivity contribution >= 4 is 17.6 Å². The fourth-order valence-electron chi connectivity index (χ4n) is 5.09. The zero-order valence-electron chi connectivity index (χ0n) is 20.3. The summed E-state index contributed by atoms with van der Waals surface area (Å²) in [7, 11) is 0. The normalized spacial score (nSPS) is 14.5. The Morgan fingerprint density at radius 1 is 1.16 bits per heavy atom. The molecule has 1 saturated carbocycles. The molecule has 8 heteroatoms. The molecule has 1 aliphatic heterocycles. The molecule has 3 heterocycles. The van der Waals surface area contributed by atoms with E-state index in [1.54, 1.807) is 16.7 Å². The second kappa shape index (κ2) is 9.23. The molecule has 37 heavy (non-hydrogen) atoms. The lowest BCUT2D eigenvalue weighted by Gasteiger charge is -2.14. The quantitative estimate of drug-likeness (QED) is 0.350. The molecule has 1 aliphatic carbocycles. The molecule has 0 saturated heterocycles. The number of aromatic carboxylic acids is 1. The highest BCUT2D eigenvalue weighted by Crippen LogP contribution is 2.45. The first kappa shape index (κ1) is 23.6. The fourth-order valence-corrected chi connectivity index (χ4v) is 5.40. The number of rotatable bonds is 6. The van der Waals surface area contributed by atoms with E-state index in [1.807, 2.05) is 37.3 Å². The molecule has 4 aromatic rings. The first-order chi connectivity index (χ1) is 17.9. The van der Waals surface area contributed by atoms with Crippen LogP contribution in [0.1, 0.15) is 62.8 Å². The van der Waals surface area contributed by atoms with E-state index >= 15 is 0 Å². The predicted octanol–water partition coefficient (Wildman–Crippen LogP) is 5.77. The zero-order valence-corrected chi connectivity index (χ0v) is 21.0. The van der Waals surface area contributed by atoms with Gasteiger partial charge in [-0.25, -0.2) is 4.79 Å². The van der Waals surface area contributed by atoms with E-state index in [0.717, 1.165) is 52.1 Å². The molecule has 0 unspecified atom stereocenters. The van der Waals surface area contributed by atoms with Gasteiger partial charge in [-0.1, -0.05) is 35.0 Å². The largest absolute Gasteiger partial charge is 0.488 e. The number of carboxylic acids is 1. The summed E-state index contributed by atoms with van der Waals surface area (Å²) in [6.07, 6.45) is 3.46. The maximum absolute atomic E-state index is 13.1. The van der Waals surface area contributed by atoms with E-state index in [1.165, 1.54) is 6.07 Å². The van der Waals surface area contributed by atoms with Crippen molar-refractivity contribution in [2.75, 3.05) is 0 Å². The van der Waals surface area contributed by atoms with Crippen molar-refractivity contribution in [1.29, 1.82) is 0 Å². The van der Waals surface area contributed by atoms with E-state index < -0.39 is 5.97 Å². The first-order valence-corrected chi connectivity index (χ1v) is 12.7. The Morgan fingerprint density at radius 2 is 2.00 bits per heavy atom. The van der Waals surface area contributed by atoms with Gasteiger partial charge in [-0.15, -0.1) is 0 Å². The van der Waals surface area contributed by atoms with Crippen molar-refractivity contribution in [3.63, 3.8) is 0 Å². The van der Waals surface area contributed by atoms with Gasteiger partial charge in [0.25, 0.3) is 5.56 Å². The van der Waals surface area contributed by atoms with Crippen LogP contribution in [0.25, 0.3) is 11.3 Å². The standard InChI is InChI=1S/C29H25ClN2O5/c1-16-3-2-4-24(30)26(16)27-23(28(37-31-27)18-6-7-18)15-36-22-12-21-10-9-17-5-8-19(29(34)35)11-20(17)14-32(21)25(33)13-22/h2-5,8,11-13,18H,6-7,9-10,14-15H2,1H3,(H,34,35). The minimum absolute atomic E-state index is 0.184. The number of aromatic nitrogens is 2. The topological polar surface area (TPSA) is 94.6 Å². The summed E-state index contributed by atoms with van der Waals surface area (Å²) in [6.45, 7) is 2.53. The summed E-state index contributed by atoms with van der Waals surface area (Å²) >= 11 is 6.54. The van der Waals surface area contributed by atoms with Crippen LogP contribution in [-0.4, -0.2) is 20.8 Å². The average Bonchev–Trinajstić information content (AvgIpc) is 3.66. The van der Waals surface area contributed by atoms with Crippen LogP contribution in [0.15, 0.2) is 57.8 Å². The van der Waals surface area contributed by atoms with E-state index in [0.29, 0.717) is 41.8 Å². The summed E-state index contributed by atoms with van der Waals surface area (Å²) in [4.78, 5) is 24.5. The van der Waals surface area contributed by atoms with Gasteiger partial charge in [-0.3, -0.25) is 4.79 Å². The van der Waals surface area contributed by atoms with Gasteiger partial charge in [0.1, 0.15) is 23.8 Å². The number of hydrogen-bond acceptors (Lipinski definition) is 5. The summed E-state index contributed by atoms with van der Waals surface area (Å²) < 4.78 is 13.7. The zero-order chi connectivity index (χ0) is 25.7. The SMILES string of the molecule is Cc1cccc(Cl)c1-c1noc(C2CC2)c1COc1cc2n(c(=O)c1)Cc1cc(C(=O)O)ccc1CC2. The van der Waals surface area contributed by atoms with Crippen molar-refractivity contribution < 1.29 is 19.2 Å². The molecule has 2 aromatic carbocycles. The number of benzene rings is 2. The molecule has 2 aliphatic rings. The van der Waals surface area contributed by atoms with Crippen LogP contribution >= 0.6 is 11.6 Å².